The molecule has 2 aromatic carbocycles. The van der Waals surface area contributed by atoms with Crippen molar-refractivity contribution in [1.29, 1.82) is 0 Å². The van der Waals surface area contributed by atoms with E-state index in [0.29, 0.717) is 36.8 Å². The molecule has 0 aliphatic heterocycles. The highest BCUT2D eigenvalue weighted by atomic mass is 16.5. The number of carbonyl (C=O) groups is 2. The van der Waals surface area contributed by atoms with Gasteiger partial charge in [0.1, 0.15) is 41.4 Å². The molecule has 2 N–H and O–H groups in total. The molecule has 0 spiro atoms. The molecular weight excluding hydrogens is 700 g/mol. The van der Waals surface area contributed by atoms with Crippen molar-refractivity contribution in [2.45, 2.75) is 68.2 Å². The summed E-state index contributed by atoms with van der Waals surface area (Å²) >= 11 is 0. The van der Waals surface area contributed by atoms with Gasteiger partial charge in [-0.25, -0.2) is 0 Å². The van der Waals surface area contributed by atoms with Gasteiger partial charge in [0, 0.05) is 30.8 Å². The number of ether oxygens (including phenoxy) is 4. The topological polar surface area (TPSA) is 132 Å². The van der Waals surface area contributed by atoms with Gasteiger partial charge < -0.3 is 43.8 Å². The first-order valence-corrected chi connectivity index (χ1v) is 19.5. The molecule has 0 saturated heterocycles. The van der Waals surface area contributed by atoms with Crippen LogP contribution in [0.1, 0.15) is 68.2 Å². The summed E-state index contributed by atoms with van der Waals surface area (Å²) in [6.07, 6.45) is 5.47. The molecule has 12 nitrogen and oxygen atoms in total. The van der Waals surface area contributed by atoms with Gasteiger partial charge in [-0.05, 0) is 116 Å². The Morgan fingerprint density at radius 2 is 1.20 bits per heavy atom. The summed E-state index contributed by atoms with van der Waals surface area (Å²) in [5.74, 6) is 0.379. The summed E-state index contributed by atoms with van der Waals surface area (Å²) in [7, 11) is 0. The number of amides is 2. The number of nitrogens with zero attached hydrogens (tertiary/aromatic N) is 2. The minimum absolute atomic E-state index is 0.0592. The zero-order valence-electron chi connectivity index (χ0n) is 34.2. The molecule has 0 radical (unpaired) electrons. The molecule has 0 aliphatic carbocycles. The van der Waals surface area contributed by atoms with E-state index in [1.807, 2.05) is 39.8 Å². The van der Waals surface area contributed by atoms with Crippen LogP contribution in [-0.4, -0.2) is 100 Å². The molecule has 302 valence electrons. The normalized spacial score (nSPS) is 11.0. The van der Waals surface area contributed by atoms with Gasteiger partial charge in [0.15, 0.2) is 19.0 Å². The van der Waals surface area contributed by atoms with Crippen LogP contribution in [0.3, 0.4) is 0 Å². The fourth-order valence-electron chi connectivity index (χ4n) is 5.60. The number of allylic oxidation sites excluding steroid dienone is 2. The van der Waals surface area contributed by atoms with E-state index in [1.54, 1.807) is 36.4 Å². The van der Waals surface area contributed by atoms with E-state index in [-0.39, 0.29) is 53.3 Å². The van der Waals surface area contributed by atoms with Gasteiger partial charge in [-0.1, -0.05) is 38.8 Å². The molecule has 3 aromatic rings. The van der Waals surface area contributed by atoms with E-state index in [2.05, 4.69) is 48.1 Å². The number of hydrogen-bond acceptors (Lipinski definition) is 10. The minimum atomic E-state index is -0.556. The predicted molar refractivity (Wildman–Crippen MR) is 220 cm³/mol. The summed E-state index contributed by atoms with van der Waals surface area (Å²) in [6.45, 7) is 22.8. The standard InChI is InChI=1S/C43H62N4O8/c1-9-46(10-2)23-13-21-44-38(48)29-53-36-27-35(52-26-20-32(7)8)28-37-40(36)41(50)43(54-30-39(49)45-22-14-24-47(11-3)12-4)42(55-37)33-15-17-34(18-16-33)51-25-19-31(5)6/h15-20,27-28H,9-14,21-26,29-30H2,1-8H3,(H,44,48)(H,45,49). The second-order valence-electron chi connectivity index (χ2n) is 13.6. The van der Waals surface area contributed by atoms with Crippen molar-refractivity contribution in [3.63, 3.8) is 0 Å². The van der Waals surface area contributed by atoms with Crippen molar-refractivity contribution in [2.24, 2.45) is 0 Å². The van der Waals surface area contributed by atoms with Crippen LogP contribution in [0.4, 0.5) is 0 Å². The van der Waals surface area contributed by atoms with E-state index in [1.165, 1.54) is 0 Å². The van der Waals surface area contributed by atoms with Crippen LogP contribution in [0.5, 0.6) is 23.0 Å². The number of fused-ring (bicyclic) bond motifs is 1. The molecule has 1 heterocycles. The predicted octanol–water partition coefficient (Wildman–Crippen LogP) is 6.60. The molecule has 0 aliphatic rings. The van der Waals surface area contributed by atoms with E-state index >= 15 is 0 Å². The average molecular weight is 763 g/mol. The molecule has 2 amide bonds. The smallest absolute Gasteiger partial charge is 0.257 e. The summed E-state index contributed by atoms with van der Waals surface area (Å²) < 4.78 is 30.3. The Morgan fingerprint density at radius 3 is 1.71 bits per heavy atom. The van der Waals surface area contributed by atoms with Crippen LogP contribution in [0.15, 0.2) is 68.9 Å². The Labute approximate surface area is 326 Å². The highest BCUT2D eigenvalue weighted by Crippen LogP contribution is 2.37. The number of hydrogen-bond donors (Lipinski definition) is 2. The van der Waals surface area contributed by atoms with Gasteiger partial charge >= 0.3 is 0 Å². The molecule has 1 aromatic heterocycles. The highest BCUT2D eigenvalue weighted by Gasteiger charge is 2.23. The Kier molecular flexibility index (Phi) is 19.3. The molecule has 0 saturated carbocycles. The molecule has 0 fully saturated rings. The van der Waals surface area contributed by atoms with Gasteiger partial charge in [0.25, 0.3) is 11.8 Å². The summed E-state index contributed by atoms with van der Waals surface area (Å²) in [5, 5.41) is 5.84. The summed E-state index contributed by atoms with van der Waals surface area (Å²) in [4.78, 5) is 44.8. The number of carbonyl (C=O) groups excluding carboxylic acids is 2. The van der Waals surface area contributed by atoms with E-state index in [0.717, 1.165) is 63.3 Å². The maximum atomic E-state index is 14.4. The van der Waals surface area contributed by atoms with Crippen molar-refractivity contribution in [2.75, 3.05) is 78.8 Å². The number of rotatable bonds is 25. The van der Waals surface area contributed by atoms with Crippen LogP contribution in [0.2, 0.25) is 0 Å². The largest absolute Gasteiger partial charge is 0.490 e. The maximum absolute atomic E-state index is 14.4. The van der Waals surface area contributed by atoms with Crippen molar-refractivity contribution in [3.05, 3.63) is 69.9 Å². The quantitative estimate of drug-likeness (QED) is 0.0719. The fourth-order valence-corrected chi connectivity index (χ4v) is 5.60. The molecule has 0 unspecified atom stereocenters. The minimum Gasteiger partial charge on any atom is -0.490 e. The molecule has 3 rings (SSSR count). The SMILES string of the molecule is CCN(CC)CCCNC(=O)COc1c(-c2ccc(OCC=C(C)C)cc2)oc2cc(OCC=C(C)C)cc(OCC(=O)NCCCN(CC)CC)c2c1=O. The van der Waals surface area contributed by atoms with Crippen molar-refractivity contribution in [3.8, 4) is 34.3 Å². The first-order valence-electron chi connectivity index (χ1n) is 19.5. The van der Waals surface area contributed by atoms with E-state index < -0.39 is 12.0 Å². The maximum Gasteiger partial charge on any atom is 0.257 e. The van der Waals surface area contributed by atoms with E-state index in [4.69, 9.17) is 23.4 Å². The van der Waals surface area contributed by atoms with Crippen LogP contribution in [0, 0.1) is 0 Å². The van der Waals surface area contributed by atoms with Crippen molar-refractivity contribution >= 4 is 22.8 Å². The third-order valence-corrected chi connectivity index (χ3v) is 8.93. The van der Waals surface area contributed by atoms with Gasteiger partial charge in [-0.15, -0.1) is 0 Å². The second kappa shape index (κ2) is 23.9. The number of nitrogens with one attached hydrogen (secondary N) is 2. The van der Waals surface area contributed by atoms with Gasteiger partial charge in [0.05, 0.1) is 0 Å². The van der Waals surface area contributed by atoms with Crippen molar-refractivity contribution in [1.82, 2.24) is 20.4 Å². The van der Waals surface area contributed by atoms with Crippen LogP contribution < -0.4 is 35.0 Å². The third kappa shape index (κ3) is 15.1. The van der Waals surface area contributed by atoms with Crippen molar-refractivity contribution < 1.29 is 33.0 Å². The Hall–Kier alpha value is -4.81. The Morgan fingerprint density at radius 1 is 0.691 bits per heavy atom. The Bertz CT molecular complexity index is 1770. The first-order chi connectivity index (χ1) is 26.5. The second-order valence-corrected chi connectivity index (χ2v) is 13.6. The molecule has 55 heavy (non-hydrogen) atoms. The average Bonchev–Trinajstić information content (AvgIpc) is 3.16. The van der Waals surface area contributed by atoms with Crippen LogP contribution in [-0.2, 0) is 9.59 Å². The zero-order chi connectivity index (χ0) is 40.2. The zero-order valence-corrected chi connectivity index (χ0v) is 34.2. The van der Waals surface area contributed by atoms with Crippen LogP contribution >= 0.6 is 0 Å². The molecule has 0 bridgehead atoms. The first kappa shape index (κ1) is 44.6. The molecular formula is C43H62N4O8. The lowest BCUT2D eigenvalue weighted by Gasteiger charge is -2.18. The summed E-state index contributed by atoms with van der Waals surface area (Å²) in [5.41, 5.74) is 2.36. The lowest BCUT2D eigenvalue weighted by molar-refractivity contribution is -0.123. The monoisotopic (exact) mass is 762 g/mol. The Balaban J connectivity index is 1.99. The van der Waals surface area contributed by atoms with Gasteiger partial charge in [-0.2, -0.15) is 0 Å². The fraction of sp³-hybridized carbons (Fsp3) is 0.512. The lowest BCUT2D eigenvalue weighted by atomic mass is 10.1. The van der Waals surface area contributed by atoms with Gasteiger partial charge in [-0.3, -0.25) is 14.4 Å². The molecule has 12 heteroatoms. The van der Waals surface area contributed by atoms with Gasteiger partial charge in [0.2, 0.25) is 11.2 Å². The van der Waals surface area contributed by atoms with E-state index in [9.17, 15) is 14.4 Å². The third-order valence-electron chi connectivity index (χ3n) is 8.93. The van der Waals surface area contributed by atoms with Crippen LogP contribution in [0.25, 0.3) is 22.3 Å². The summed E-state index contributed by atoms with van der Waals surface area (Å²) in [6, 6.07) is 10.3. The molecule has 0 atom stereocenters. The lowest BCUT2D eigenvalue weighted by Crippen LogP contribution is -2.33. The highest BCUT2D eigenvalue weighted by molar-refractivity contribution is 5.89. The number of benzene rings is 2.